The van der Waals surface area contributed by atoms with Crippen LogP contribution < -0.4 is 5.32 Å². The lowest BCUT2D eigenvalue weighted by Gasteiger charge is -2.33. The SMILES string of the molecule is O=C1Nc2ccccc2C1CC(=O)N1CCCC(n2cccn2)C1. The molecular weight excluding hydrogens is 304 g/mol. The van der Waals surface area contributed by atoms with Gasteiger partial charge in [0.05, 0.1) is 12.0 Å². The Morgan fingerprint density at radius 3 is 3.00 bits per heavy atom. The second-order valence-corrected chi connectivity index (χ2v) is 6.46. The lowest BCUT2D eigenvalue weighted by atomic mass is 9.96. The number of carbonyl (C=O) groups is 2. The van der Waals surface area contributed by atoms with Crippen molar-refractivity contribution in [3.8, 4) is 0 Å². The number of piperidine rings is 1. The Hall–Kier alpha value is -2.63. The number of nitrogens with zero attached hydrogens (tertiary/aromatic N) is 3. The molecule has 1 aromatic carbocycles. The molecule has 0 spiro atoms. The number of aromatic nitrogens is 2. The first kappa shape index (κ1) is 14.9. The van der Waals surface area contributed by atoms with Crippen molar-refractivity contribution in [2.75, 3.05) is 18.4 Å². The number of rotatable bonds is 3. The highest BCUT2D eigenvalue weighted by Crippen LogP contribution is 2.35. The van der Waals surface area contributed by atoms with Crippen molar-refractivity contribution < 1.29 is 9.59 Å². The lowest BCUT2D eigenvalue weighted by molar-refractivity contribution is -0.135. The van der Waals surface area contributed by atoms with E-state index in [1.54, 1.807) is 6.20 Å². The maximum absolute atomic E-state index is 12.7. The van der Waals surface area contributed by atoms with E-state index in [-0.39, 0.29) is 30.2 Å². The van der Waals surface area contributed by atoms with E-state index in [2.05, 4.69) is 10.4 Å². The molecule has 1 fully saturated rings. The van der Waals surface area contributed by atoms with Crippen LogP contribution in [0.1, 0.15) is 36.8 Å². The molecule has 1 saturated heterocycles. The van der Waals surface area contributed by atoms with Gasteiger partial charge in [0.1, 0.15) is 0 Å². The van der Waals surface area contributed by atoms with Gasteiger partial charge in [-0.05, 0) is 30.5 Å². The minimum absolute atomic E-state index is 0.0451. The van der Waals surface area contributed by atoms with E-state index in [1.807, 2.05) is 46.1 Å². The monoisotopic (exact) mass is 324 g/mol. The molecule has 4 rings (SSSR count). The number of hydrogen-bond acceptors (Lipinski definition) is 3. The van der Waals surface area contributed by atoms with Crippen molar-refractivity contribution in [1.82, 2.24) is 14.7 Å². The number of para-hydroxylation sites is 1. The van der Waals surface area contributed by atoms with Gasteiger partial charge in [0.2, 0.25) is 11.8 Å². The van der Waals surface area contributed by atoms with Crippen molar-refractivity contribution in [3.63, 3.8) is 0 Å². The van der Waals surface area contributed by atoms with Crippen LogP contribution in [-0.4, -0.2) is 39.6 Å². The van der Waals surface area contributed by atoms with Crippen molar-refractivity contribution in [2.45, 2.75) is 31.2 Å². The van der Waals surface area contributed by atoms with E-state index < -0.39 is 0 Å². The summed E-state index contributed by atoms with van der Waals surface area (Å²) in [6.45, 7) is 1.42. The highest BCUT2D eigenvalue weighted by atomic mass is 16.2. The summed E-state index contributed by atoms with van der Waals surface area (Å²) >= 11 is 0. The van der Waals surface area contributed by atoms with Gasteiger partial charge in [0.15, 0.2) is 0 Å². The summed E-state index contributed by atoms with van der Waals surface area (Å²) in [6, 6.07) is 9.73. The molecule has 2 amide bonds. The Morgan fingerprint density at radius 2 is 2.17 bits per heavy atom. The van der Waals surface area contributed by atoms with Crippen LogP contribution in [0.3, 0.4) is 0 Å². The van der Waals surface area contributed by atoms with Crippen LogP contribution in [0.2, 0.25) is 0 Å². The molecule has 3 heterocycles. The van der Waals surface area contributed by atoms with Gasteiger partial charge in [-0.25, -0.2) is 0 Å². The van der Waals surface area contributed by atoms with E-state index in [9.17, 15) is 9.59 Å². The number of anilines is 1. The summed E-state index contributed by atoms with van der Waals surface area (Å²) in [5.41, 5.74) is 1.75. The summed E-state index contributed by atoms with van der Waals surface area (Å²) in [7, 11) is 0. The summed E-state index contributed by atoms with van der Waals surface area (Å²) in [5.74, 6) is -0.410. The fourth-order valence-electron chi connectivity index (χ4n) is 3.68. The second kappa shape index (κ2) is 6.11. The number of nitrogens with one attached hydrogen (secondary N) is 1. The van der Waals surface area contributed by atoms with E-state index in [0.29, 0.717) is 6.54 Å². The van der Waals surface area contributed by atoms with Crippen molar-refractivity contribution in [3.05, 3.63) is 48.3 Å². The van der Waals surface area contributed by atoms with Crippen LogP contribution >= 0.6 is 0 Å². The molecule has 0 aliphatic carbocycles. The van der Waals surface area contributed by atoms with Crippen LogP contribution in [0.25, 0.3) is 0 Å². The zero-order valence-electron chi connectivity index (χ0n) is 13.4. The van der Waals surface area contributed by atoms with Gasteiger partial charge >= 0.3 is 0 Å². The van der Waals surface area contributed by atoms with Crippen LogP contribution in [-0.2, 0) is 9.59 Å². The third-order valence-corrected chi connectivity index (χ3v) is 4.94. The summed E-state index contributed by atoms with van der Waals surface area (Å²) in [4.78, 5) is 26.8. The molecule has 0 bridgehead atoms. The summed E-state index contributed by atoms with van der Waals surface area (Å²) < 4.78 is 1.93. The molecule has 2 aromatic rings. The van der Waals surface area contributed by atoms with Gasteiger partial charge in [0, 0.05) is 37.6 Å². The molecular formula is C18H20N4O2. The molecule has 2 atom stereocenters. The lowest BCUT2D eigenvalue weighted by Crippen LogP contribution is -2.41. The Kier molecular flexibility index (Phi) is 3.80. The smallest absolute Gasteiger partial charge is 0.232 e. The van der Waals surface area contributed by atoms with E-state index in [4.69, 9.17) is 0 Å². The Balaban J connectivity index is 1.45. The van der Waals surface area contributed by atoms with Gasteiger partial charge in [-0.1, -0.05) is 18.2 Å². The predicted molar refractivity (Wildman–Crippen MR) is 89.5 cm³/mol. The molecule has 1 aromatic heterocycles. The number of carbonyl (C=O) groups excluding carboxylic acids is 2. The Bertz CT molecular complexity index is 756. The standard InChI is InChI=1S/C18H20N4O2/c23-17(11-15-14-6-1-2-7-16(14)20-18(15)24)21-9-3-5-13(12-21)22-10-4-8-19-22/h1-2,4,6-8,10,13,15H,3,5,9,11-12H2,(H,20,24). The first-order valence-electron chi connectivity index (χ1n) is 8.39. The molecule has 6 nitrogen and oxygen atoms in total. The average Bonchev–Trinajstić information content (AvgIpc) is 3.24. The third-order valence-electron chi connectivity index (χ3n) is 4.94. The second-order valence-electron chi connectivity index (χ2n) is 6.46. The molecule has 1 N–H and O–H groups in total. The highest BCUT2D eigenvalue weighted by molar-refractivity contribution is 6.04. The maximum Gasteiger partial charge on any atom is 0.232 e. The first-order valence-corrected chi connectivity index (χ1v) is 8.39. The fraction of sp³-hybridized carbons (Fsp3) is 0.389. The largest absolute Gasteiger partial charge is 0.341 e. The molecule has 2 aliphatic heterocycles. The topological polar surface area (TPSA) is 67.2 Å². The van der Waals surface area contributed by atoms with Gasteiger partial charge < -0.3 is 10.2 Å². The number of hydrogen-bond donors (Lipinski definition) is 1. The first-order chi connectivity index (χ1) is 11.7. The zero-order chi connectivity index (χ0) is 16.5. The van der Waals surface area contributed by atoms with Crippen LogP contribution in [0, 0.1) is 0 Å². The van der Waals surface area contributed by atoms with Crippen molar-refractivity contribution >= 4 is 17.5 Å². The van der Waals surface area contributed by atoms with Crippen LogP contribution in [0.4, 0.5) is 5.69 Å². The van der Waals surface area contributed by atoms with Gasteiger partial charge in [-0.2, -0.15) is 5.10 Å². The molecule has 2 aliphatic rings. The summed E-state index contributed by atoms with van der Waals surface area (Å²) in [6.07, 6.45) is 5.93. The van der Waals surface area contributed by atoms with Gasteiger partial charge in [-0.15, -0.1) is 0 Å². The van der Waals surface area contributed by atoms with Crippen molar-refractivity contribution in [1.29, 1.82) is 0 Å². The molecule has 6 heteroatoms. The molecule has 24 heavy (non-hydrogen) atoms. The molecule has 0 radical (unpaired) electrons. The number of likely N-dealkylation sites (tertiary alicyclic amines) is 1. The van der Waals surface area contributed by atoms with Gasteiger partial charge in [-0.3, -0.25) is 14.3 Å². The van der Waals surface area contributed by atoms with Crippen molar-refractivity contribution in [2.24, 2.45) is 0 Å². The number of amides is 2. The summed E-state index contributed by atoms with van der Waals surface area (Å²) in [5, 5.41) is 7.16. The Morgan fingerprint density at radius 1 is 1.29 bits per heavy atom. The average molecular weight is 324 g/mol. The maximum atomic E-state index is 12.7. The quantitative estimate of drug-likeness (QED) is 0.941. The van der Waals surface area contributed by atoms with Crippen LogP contribution in [0.15, 0.2) is 42.7 Å². The van der Waals surface area contributed by atoms with Gasteiger partial charge in [0.25, 0.3) is 0 Å². The normalized spacial score (nSPS) is 23.0. The molecule has 2 unspecified atom stereocenters. The molecule has 0 saturated carbocycles. The highest BCUT2D eigenvalue weighted by Gasteiger charge is 2.34. The van der Waals surface area contributed by atoms with E-state index >= 15 is 0 Å². The van der Waals surface area contributed by atoms with Crippen LogP contribution in [0.5, 0.6) is 0 Å². The Labute approximate surface area is 140 Å². The molecule has 124 valence electrons. The predicted octanol–water partition coefficient (Wildman–Crippen LogP) is 2.17. The zero-order valence-corrected chi connectivity index (χ0v) is 13.4. The fourth-order valence-corrected chi connectivity index (χ4v) is 3.68. The number of benzene rings is 1. The third kappa shape index (κ3) is 2.68. The minimum Gasteiger partial charge on any atom is -0.341 e. The minimum atomic E-state index is -0.376. The van der Waals surface area contributed by atoms with E-state index in [0.717, 1.165) is 30.6 Å². The van der Waals surface area contributed by atoms with E-state index in [1.165, 1.54) is 0 Å². The number of fused-ring (bicyclic) bond motifs is 1.